The number of oxazole rings is 1. The Labute approximate surface area is 64.4 Å². The van der Waals surface area contributed by atoms with Gasteiger partial charge in [0.05, 0.1) is 5.69 Å². The van der Waals surface area contributed by atoms with Crippen LogP contribution in [0.3, 0.4) is 0 Å². The molecule has 0 bridgehead atoms. The second-order valence-electron chi connectivity index (χ2n) is 3.33. The Kier molecular flexibility index (Phi) is 1.22. The van der Waals surface area contributed by atoms with Gasteiger partial charge in [-0.1, -0.05) is 13.8 Å². The first-order valence-electron chi connectivity index (χ1n) is 3.91. The van der Waals surface area contributed by atoms with Crippen LogP contribution in [0, 0.1) is 0 Å². The fraction of sp³-hybridized carbons (Fsp3) is 0.625. The molecule has 1 aromatic heterocycles. The van der Waals surface area contributed by atoms with Crippen molar-refractivity contribution in [3.63, 3.8) is 0 Å². The summed E-state index contributed by atoms with van der Waals surface area (Å²) in [6.07, 6.45) is 1.09. The maximum Gasteiger partial charge on any atom is 0.416 e. The van der Waals surface area contributed by atoms with E-state index in [9.17, 15) is 4.79 Å². The van der Waals surface area contributed by atoms with Crippen molar-refractivity contribution in [2.75, 3.05) is 0 Å². The lowest BCUT2D eigenvalue weighted by Gasteiger charge is -1.98. The van der Waals surface area contributed by atoms with E-state index in [-0.39, 0.29) is 5.76 Å². The van der Waals surface area contributed by atoms with Gasteiger partial charge in [0, 0.05) is 11.8 Å². The summed E-state index contributed by atoms with van der Waals surface area (Å²) >= 11 is 0. The molecule has 2 atom stereocenters. The summed E-state index contributed by atoms with van der Waals surface area (Å²) in [5.41, 5.74) is 1.00. The van der Waals surface area contributed by atoms with Gasteiger partial charge in [0.2, 0.25) is 0 Å². The highest BCUT2D eigenvalue weighted by Crippen LogP contribution is 2.38. The van der Waals surface area contributed by atoms with E-state index in [1.807, 2.05) is 0 Å². The molecule has 3 nitrogen and oxygen atoms in total. The normalized spacial score (nSPS) is 28.9. The fourth-order valence-electron chi connectivity index (χ4n) is 1.84. The quantitative estimate of drug-likeness (QED) is 0.615. The molecule has 0 aromatic carbocycles. The largest absolute Gasteiger partial charge is 0.416 e. The highest BCUT2D eigenvalue weighted by Gasteiger charge is 2.29. The molecule has 1 aromatic rings. The molecule has 0 saturated heterocycles. The van der Waals surface area contributed by atoms with Crippen LogP contribution >= 0.6 is 0 Å². The first kappa shape index (κ1) is 6.70. The third-order valence-electron chi connectivity index (χ3n) is 2.35. The number of H-pyrrole nitrogens is 1. The molecule has 0 aliphatic heterocycles. The second kappa shape index (κ2) is 2.00. The van der Waals surface area contributed by atoms with E-state index in [2.05, 4.69) is 18.8 Å². The van der Waals surface area contributed by atoms with Crippen LogP contribution in [0.2, 0.25) is 0 Å². The van der Waals surface area contributed by atoms with Gasteiger partial charge in [0.25, 0.3) is 0 Å². The van der Waals surface area contributed by atoms with Gasteiger partial charge < -0.3 is 4.42 Å². The van der Waals surface area contributed by atoms with Gasteiger partial charge in [-0.15, -0.1) is 0 Å². The minimum atomic E-state index is -0.312. The van der Waals surface area contributed by atoms with Crippen LogP contribution in [0.5, 0.6) is 0 Å². The molecule has 0 amide bonds. The molecule has 1 N–H and O–H groups in total. The van der Waals surface area contributed by atoms with Crippen molar-refractivity contribution in [2.24, 2.45) is 0 Å². The van der Waals surface area contributed by atoms with Gasteiger partial charge in [-0.3, -0.25) is 4.98 Å². The summed E-state index contributed by atoms with van der Waals surface area (Å²) in [6, 6.07) is 0. The van der Waals surface area contributed by atoms with Crippen molar-refractivity contribution >= 4 is 0 Å². The van der Waals surface area contributed by atoms with E-state index >= 15 is 0 Å². The predicted molar refractivity (Wildman–Crippen MR) is 40.8 cm³/mol. The average molecular weight is 153 g/mol. The lowest BCUT2D eigenvalue weighted by atomic mass is 10.1. The Bertz CT molecular complexity index is 295. The van der Waals surface area contributed by atoms with E-state index in [0.29, 0.717) is 11.8 Å². The molecular formula is C8H11NO2. The number of aromatic amines is 1. The molecule has 0 fully saturated rings. The van der Waals surface area contributed by atoms with Crippen molar-refractivity contribution in [2.45, 2.75) is 32.1 Å². The zero-order valence-electron chi connectivity index (χ0n) is 6.68. The average Bonchev–Trinajstić information content (AvgIpc) is 2.38. The molecule has 1 aliphatic rings. The Morgan fingerprint density at radius 3 is 2.82 bits per heavy atom. The highest BCUT2D eigenvalue weighted by molar-refractivity contribution is 5.22. The number of rotatable bonds is 0. The minimum absolute atomic E-state index is 0.312. The van der Waals surface area contributed by atoms with E-state index in [4.69, 9.17) is 4.42 Å². The number of hydrogen-bond donors (Lipinski definition) is 1. The molecule has 2 unspecified atom stereocenters. The van der Waals surface area contributed by atoms with Crippen molar-refractivity contribution in [3.8, 4) is 0 Å². The van der Waals surface area contributed by atoms with Gasteiger partial charge in [-0.05, 0) is 6.42 Å². The highest BCUT2D eigenvalue weighted by atomic mass is 16.4. The Morgan fingerprint density at radius 1 is 1.45 bits per heavy atom. The fourth-order valence-corrected chi connectivity index (χ4v) is 1.84. The van der Waals surface area contributed by atoms with Crippen LogP contribution in [0.15, 0.2) is 9.21 Å². The number of hydrogen-bond acceptors (Lipinski definition) is 2. The van der Waals surface area contributed by atoms with Crippen LogP contribution in [-0.4, -0.2) is 4.98 Å². The maximum atomic E-state index is 10.8. The standard InChI is InChI=1S/C8H11NO2/c1-4-3-5(2)7-6(4)9-8(10)11-7/h4-5H,3H2,1-2H3,(H,9,10). The van der Waals surface area contributed by atoms with Gasteiger partial charge in [0.1, 0.15) is 5.76 Å². The maximum absolute atomic E-state index is 10.8. The number of fused-ring (bicyclic) bond motifs is 1. The summed E-state index contributed by atoms with van der Waals surface area (Å²) in [5.74, 6) is 1.40. The Morgan fingerprint density at radius 2 is 2.18 bits per heavy atom. The summed E-state index contributed by atoms with van der Waals surface area (Å²) in [4.78, 5) is 13.5. The van der Waals surface area contributed by atoms with E-state index in [1.54, 1.807) is 0 Å². The topological polar surface area (TPSA) is 46.0 Å². The van der Waals surface area contributed by atoms with Gasteiger partial charge >= 0.3 is 5.76 Å². The number of nitrogens with one attached hydrogen (secondary N) is 1. The lowest BCUT2D eigenvalue weighted by molar-refractivity contribution is 0.441. The molecule has 0 spiro atoms. The molecule has 0 radical (unpaired) electrons. The molecule has 11 heavy (non-hydrogen) atoms. The molecule has 3 heteroatoms. The third-order valence-corrected chi connectivity index (χ3v) is 2.35. The Balaban J connectivity index is 2.58. The van der Waals surface area contributed by atoms with Gasteiger partial charge in [-0.25, -0.2) is 4.79 Å². The summed E-state index contributed by atoms with van der Waals surface area (Å²) < 4.78 is 5.00. The second-order valence-corrected chi connectivity index (χ2v) is 3.33. The zero-order valence-corrected chi connectivity index (χ0v) is 6.68. The molecule has 2 rings (SSSR count). The van der Waals surface area contributed by atoms with Gasteiger partial charge in [0.15, 0.2) is 0 Å². The SMILES string of the molecule is CC1CC(C)c2oc(=O)[nH]c21. The van der Waals surface area contributed by atoms with Crippen LogP contribution in [0.1, 0.15) is 43.6 Å². The van der Waals surface area contributed by atoms with Crippen molar-refractivity contribution in [3.05, 3.63) is 22.0 Å². The predicted octanol–water partition coefficient (Wildman–Crippen LogP) is 1.58. The number of aromatic nitrogens is 1. The van der Waals surface area contributed by atoms with Crippen molar-refractivity contribution < 1.29 is 4.42 Å². The van der Waals surface area contributed by atoms with Crippen LogP contribution < -0.4 is 5.76 Å². The first-order chi connectivity index (χ1) is 5.18. The van der Waals surface area contributed by atoms with E-state index < -0.39 is 0 Å². The third kappa shape index (κ3) is 0.836. The van der Waals surface area contributed by atoms with Crippen LogP contribution in [0.25, 0.3) is 0 Å². The zero-order chi connectivity index (χ0) is 8.01. The van der Waals surface area contributed by atoms with Crippen LogP contribution in [0.4, 0.5) is 0 Å². The summed E-state index contributed by atoms with van der Waals surface area (Å²) in [6.45, 7) is 4.19. The van der Waals surface area contributed by atoms with Crippen LogP contribution in [-0.2, 0) is 0 Å². The summed E-state index contributed by atoms with van der Waals surface area (Å²) in [7, 11) is 0. The Hall–Kier alpha value is -0.990. The van der Waals surface area contributed by atoms with E-state index in [0.717, 1.165) is 17.9 Å². The molecular weight excluding hydrogens is 142 g/mol. The molecule has 1 aliphatic carbocycles. The van der Waals surface area contributed by atoms with Crippen molar-refractivity contribution in [1.29, 1.82) is 0 Å². The minimum Gasteiger partial charge on any atom is -0.412 e. The van der Waals surface area contributed by atoms with E-state index in [1.165, 1.54) is 0 Å². The molecule has 1 heterocycles. The van der Waals surface area contributed by atoms with Gasteiger partial charge in [-0.2, -0.15) is 0 Å². The summed E-state index contributed by atoms with van der Waals surface area (Å²) in [5, 5.41) is 0. The monoisotopic (exact) mass is 153 g/mol. The smallest absolute Gasteiger partial charge is 0.412 e. The molecule has 60 valence electrons. The van der Waals surface area contributed by atoms with Crippen molar-refractivity contribution in [1.82, 2.24) is 4.98 Å². The first-order valence-corrected chi connectivity index (χ1v) is 3.91. The molecule has 0 saturated carbocycles. The lowest BCUT2D eigenvalue weighted by Crippen LogP contribution is -1.99.